The van der Waals surface area contributed by atoms with Gasteiger partial charge in [-0.15, -0.1) is 0 Å². The Morgan fingerprint density at radius 2 is 1.83 bits per heavy atom. The Bertz CT molecular complexity index is 506. The highest BCUT2D eigenvalue weighted by atomic mass is 19.1. The van der Waals surface area contributed by atoms with Crippen LogP contribution in [-0.2, 0) is 4.79 Å². The minimum absolute atomic E-state index is 0.130. The lowest BCUT2D eigenvalue weighted by molar-refractivity contribution is -0.387. The Morgan fingerprint density at radius 3 is 2.28 bits per heavy atom. The van der Waals surface area contributed by atoms with Gasteiger partial charge in [-0.05, 0) is 0 Å². The summed E-state index contributed by atoms with van der Waals surface area (Å²) in [6.45, 7) is 0. The number of nitro benzene ring substituents is 1. The number of rotatable bonds is 4. The second-order valence-electron chi connectivity index (χ2n) is 3.31. The van der Waals surface area contributed by atoms with Crippen molar-refractivity contribution in [3.63, 3.8) is 0 Å². The van der Waals surface area contributed by atoms with Crippen LogP contribution in [0.25, 0.3) is 0 Å². The van der Waals surface area contributed by atoms with Crippen LogP contribution in [0.15, 0.2) is 12.1 Å². The minimum Gasteiger partial charge on any atom is -0.479 e. The smallest absolute Gasteiger partial charge is 0.335 e. The third-order valence-corrected chi connectivity index (χ3v) is 2.13. The number of hydrogen-bond acceptors (Lipinski definition) is 5. The molecular weight excluding hydrogens is 256 g/mol. The van der Waals surface area contributed by atoms with Gasteiger partial charge in [-0.3, -0.25) is 10.1 Å². The first-order valence-electron chi connectivity index (χ1n) is 4.48. The van der Waals surface area contributed by atoms with E-state index in [2.05, 4.69) is 0 Å². The van der Waals surface area contributed by atoms with Gasteiger partial charge < -0.3 is 15.3 Å². The second-order valence-corrected chi connectivity index (χ2v) is 3.31. The molecule has 0 spiro atoms. The first-order chi connectivity index (χ1) is 8.25. The van der Waals surface area contributed by atoms with Gasteiger partial charge in [-0.2, -0.15) is 4.39 Å². The average molecular weight is 263 g/mol. The van der Waals surface area contributed by atoms with Crippen molar-refractivity contribution in [2.24, 2.45) is 0 Å². The van der Waals surface area contributed by atoms with Crippen molar-refractivity contribution in [1.29, 1.82) is 0 Å². The molecule has 0 radical (unpaired) electrons. The molecule has 1 rings (SSSR count). The van der Waals surface area contributed by atoms with E-state index in [9.17, 15) is 28.8 Å². The van der Waals surface area contributed by atoms with E-state index in [4.69, 9.17) is 10.2 Å². The van der Waals surface area contributed by atoms with Crippen molar-refractivity contribution in [3.05, 3.63) is 39.4 Å². The number of carbonyl (C=O) groups is 1. The lowest BCUT2D eigenvalue weighted by atomic mass is 10.0. The third kappa shape index (κ3) is 2.57. The number of nitrogens with zero attached hydrogens (tertiary/aromatic N) is 1. The Morgan fingerprint density at radius 1 is 1.28 bits per heavy atom. The van der Waals surface area contributed by atoms with E-state index in [1.165, 1.54) is 0 Å². The third-order valence-electron chi connectivity index (χ3n) is 2.13. The molecule has 9 heteroatoms. The van der Waals surface area contributed by atoms with Crippen molar-refractivity contribution in [3.8, 4) is 0 Å². The molecule has 0 aliphatic heterocycles. The Labute approximate surface area is 98.1 Å². The molecule has 0 saturated heterocycles. The number of carboxylic acids is 1. The van der Waals surface area contributed by atoms with Crippen molar-refractivity contribution in [1.82, 2.24) is 0 Å². The zero-order valence-corrected chi connectivity index (χ0v) is 8.58. The van der Waals surface area contributed by atoms with Crippen LogP contribution in [0.4, 0.5) is 14.5 Å². The molecule has 0 bridgehead atoms. The molecule has 2 atom stereocenters. The van der Waals surface area contributed by atoms with Gasteiger partial charge in [-0.25, -0.2) is 9.18 Å². The van der Waals surface area contributed by atoms with Gasteiger partial charge in [0.05, 0.1) is 4.92 Å². The zero-order valence-electron chi connectivity index (χ0n) is 8.58. The van der Waals surface area contributed by atoms with Crippen LogP contribution in [-0.4, -0.2) is 32.3 Å². The van der Waals surface area contributed by atoms with Crippen molar-refractivity contribution >= 4 is 11.7 Å². The van der Waals surface area contributed by atoms with Crippen LogP contribution in [0.5, 0.6) is 0 Å². The standard InChI is InChI=1S/C9H7F2NO6/c10-4-2-5(11)6(12(17)18)1-3(4)7(13)8(14)9(15)16/h1-2,7-8,13-14H,(H,15,16). The molecule has 0 amide bonds. The van der Waals surface area contributed by atoms with Gasteiger partial charge in [0.2, 0.25) is 5.82 Å². The number of halogens is 2. The maximum absolute atomic E-state index is 13.2. The van der Waals surface area contributed by atoms with Crippen LogP contribution in [0.3, 0.4) is 0 Å². The monoisotopic (exact) mass is 263 g/mol. The van der Waals surface area contributed by atoms with Gasteiger partial charge in [-0.1, -0.05) is 0 Å². The van der Waals surface area contributed by atoms with Crippen molar-refractivity contribution < 1.29 is 33.8 Å². The van der Waals surface area contributed by atoms with Gasteiger partial charge >= 0.3 is 11.7 Å². The molecule has 98 valence electrons. The predicted molar refractivity (Wildman–Crippen MR) is 51.6 cm³/mol. The highest BCUT2D eigenvalue weighted by molar-refractivity contribution is 5.73. The maximum Gasteiger partial charge on any atom is 0.335 e. The van der Waals surface area contributed by atoms with Gasteiger partial charge in [0.1, 0.15) is 11.9 Å². The highest BCUT2D eigenvalue weighted by Gasteiger charge is 2.30. The first kappa shape index (κ1) is 13.9. The van der Waals surface area contributed by atoms with Crippen LogP contribution in [0.2, 0.25) is 0 Å². The summed E-state index contributed by atoms with van der Waals surface area (Å²) in [5, 5.41) is 37.1. The summed E-state index contributed by atoms with van der Waals surface area (Å²) in [6, 6.07) is 0.465. The van der Waals surface area contributed by atoms with Crippen molar-refractivity contribution in [2.45, 2.75) is 12.2 Å². The molecule has 0 aliphatic carbocycles. The zero-order chi connectivity index (χ0) is 14.0. The molecular formula is C9H7F2NO6. The summed E-state index contributed by atoms with van der Waals surface area (Å²) in [4.78, 5) is 19.6. The SMILES string of the molecule is O=C(O)C(O)C(O)c1cc([N+](=O)[O-])c(F)cc1F. The Balaban J connectivity index is 3.28. The van der Waals surface area contributed by atoms with E-state index in [0.717, 1.165) is 0 Å². The summed E-state index contributed by atoms with van der Waals surface area (Å²) in [6.07, 6.45) is -4.63. The molecule has 2 unspecified atom stereocenters. The number of benzene rings is 1. The second kappa shape index (κ2) is 5.02. The molecule has 0 fully saturated rings. The highest BCUT2D eigenvalue weighted by Crippen LogP contribution is 2.27. The first-order valence-corrected chi connectivity index (χ1v) is 4.48. The van der Waals surface area contributed by atoms with E-state index in [1.807, 2.05) is 0 Å². The van der Waals surface area contributed by atoms with Crippen LogP contribution >= 0.6 is 0 Å². The number of carboxylic acid groups (broad SMARTS) is 1. The fraction of sp³-hybridized carbons (Fsp3) is 0.222. The van der Waals surface area contributed by atoms with Crippen molar-refractivity contribution in [2.75, 3.05) is 0 Å². The number of nitro groups is 1. The molecule has 0 aliphatic rings. The van der Waals surface area contributed by atoms with Gasteiger partial charge in [0.25, 0.3) is 0 Å². The number of aliphatic hydroxyl groups is 2. The fourth-order valence-electron chi connectivity index (χ4n) is 1.23. The maximum atomic E-state index is 13.2. The molecule has 0 heterocycles. The largest absolute Gasteiger partial charge is 0.479 e. The summed E-state index contributed by atoms with van der Waals surface area (Å²) in [5.74, 6) is -4.72. The average Bonchev–Trinajstić information content (AvgIpc) is 2.26. The van der Waals surface area contributed by atoms with Gasteiger partial charge in [0.15, 0.2) is 6.10 Å². The summed E-state index contributed by atoms with van der Waals surface area (Å²) in [7, 11) is 0. The number of aliphatic carboxylic acids is 1. The fourth-order valence-corrected chi connectivity index (χ4v) is 1.23. The number of aliphatic hydroxyl groups excluding tert-OH is 2. The van der Waals surface area contributed by atoms with E-state index >= 15 is 0 Å². The van der Waals surface area contributed by atoms with E-state index in [-0.39, 0.29) is 6.07 Å². The lowest BCUT2D eigenvalue weighted by Gasteiger charge is -2.14. The summed E-state index contributed by atoms with van der Waals surface area (Å²) >= 11 is 0. The van der Waals surface area contributed by atoms with E-state index < -0.39 is 46.0 Å². The number of hydrogen-bond donors (Lipinski definition) is 3. The molecule has 18 heavy (non-hydrogen) atoms. The van der Waals surface area contributed by atoms with Crippen LogP contribution in [0, 0.1) is 21.7 Å². The minimum atomic E-state index is -2.38. The summed E-state index contributed by atoms with van der Waals surface area (Å²) in [5.41, 5.74) is -2.01. The van der Waals surface area contributed by atoms with Gasteiger partial charge in [0, 0.05) is 17.7 Å². The van der Waals surface area contributed by atoms with Crippen LogP contribution in [0.1, 0.15) is 11.7 Å². The van der Waals surface area contributed by atoms with Crippen LogP contribution < -0.4 is 0 Å². The molecule has 1 aromatic rings. The summed E-state index contributed by atoms with van der Waals surface area (Å²) < 4.78 is 26.2. The topological polar surface area (TPSA) is 121 Å². The normalized spacial score (nSPS) is 14.0. The molecule has 1 aromatic carbocycles. The van der Waals surface area contributed by atoms with E-state index in [0.29, 0.717) is 6.07 Å². The predicted octanol–water partition coefficient (Wildman–Crippen LogP) is 0.352. The Kier molecular flexibility index (Phi) is 3.89. The lowest BCUT2D eigenvalue weighted by Crippen LogP contribution is -2.28. The van der Waals surface area contributed by atoms with E-state index in [1.54, 1.807) is 0 Å². The molecule has 0 saturated carbocycles. The molecule has 7 nitrogen and oxygen atoms in total. The Hall–Kier alpha value is -2.13. The quantitative estimate of drug-likeness (QED) is 0.532. The molecule has 3 N–H and O–H groups in total. The molecule has 0 aromatic heterocycles.